The van der Waals surface area contributed by atoms with Crippen molar-refractivity contribution >= 4 is 75.4 Å². The molecule has 0 aliphatic carbocycles. The zero-order valence-corrected chi connectivity index (χ0v) is 25.8. The number of hydrogen-bond donors (Lipinski definition) is 0. The van der Waals surface area contributed by atoms with E-state index in [0.29, 0.717) is 41.4 Å². The smallest absolute Gasteiger partial charge is 0.211 e. The summed E-state index contributed by atoms with van der Waals surface area (Å²) >= 11 is 36.1. The van der Waals surface area contributed by atoms with Gasteiger partial charge in [0.25, 0.3) is 0 Å². The SMILES string of the molecule is O=C(CC(C[N+](=O)[O-])c1c(Cl)cccc1Cl)c1ccc(OCCCOc2c(Cl)cc(OCC=C(Cl)Cl)cc2Cl)cc1. The van der Waals surface area contributed by atoms with E-state index in [1.165, 1.54) is 6.08 Å². The van der Waals surface area contributed by atoms with E-state index in [9.17, 15) is 14.9 Å². The van der Waals surface area contributed by atoms with Crippen LogP contribution in [0.5, 0.6) is 17.2 Å². The first-order valence-electron chi connectivity index (χ1n) is 12.1. The molecule has 7 nitrogen and oxygen atoms in total. The van der Waals surface area contributed by atoms with Crippen molar-refractivity contribution in [2.75, 3.05) is 26.4 Å². The minimum absolute atomic E-state index is 0.0903. The van der Waals surface area contributed by atoms with Crippen molar-refractivity contribution in [2.24, 2.45) is 0 Å². The van der Waals surface area contributed by atoms with Crippen molar-refractivity contribution in [2.45, 2.75) is 18.8 Å². The molecular formula is C28H23Cl6NO6. The second-order valence-electron chi connectivity index (χ2n) is 8.57. The normalized spacial score (nSPS) is 11.5. The summed E-state index contributed by atoms with van der Waals surface area (Å²) in [6, 6.07) is 14.5. The van der Waals surface area contributed by atoms with Crippen molar-refractivity contribution in [3.05, 3.63) is 106 Å². The average molecular weight is 682 g/mol. The molecule has 0 fully saturated rings. The number of halogens is 6. The van der Waals surface area contributed by atoms with Gasteiger partial charge in [0.2, 0.25) is 6.54 Å². The van der Waals surface area contributed by atoms with Crippen molar-refractivity contribution in [1.29, 1.82) is 0 Å². The van der Waals surface area contributed by atoms with Crippen LogP contribution < -0.4 is 14.2 Å². The van der Waals surface area contributed by atoms with Gasteiger partial charge >= 0.3 is 0 Å². The van der Waals surface area contributed by atoms with Gasteiger partial charge in [-0.1, -0.05) is 75.7 Å². The van der Waals surface area contributed by atoms with Crippen LogP contribution in [0.2, 0.25) is 20.1 Å². The number of Topliss-reactive ketones (excluding diaryl/α,β-unsaturated/α-hetero) is 1. The Morgan fingerprint density at radius 3 is 2.05 bits per heavy atom. The van der Waals surface area contributed by atoms with Gasteiger partial charge in [-0.05, 0) is 48.0 Å². The topological polar surface area (TPSA) is 87.9 Å². The van der Waals surface area contributed by atoms with Gasteiger partial charge in [-0.3, -0.25) is 14.9 Å². The van der Waals surface area contributed by atoms with Gasteiger partial charge in [0, 0.05) is 45.5 Å². The minimum Gasteiger partial charge on any atom is -0.493 e. The predicted molar refractivity (Wildman–Crippen MR) is 164 cm³/mol. The average Bonchev–Trinajstić information content (AvgIpc) is 2.89. The van der Waals surface area contributed by atoms with Crippen LogP contribution in [-0.4, -0.2) is 37.1 Å². The Morgan fingerprint density at radius 1 is 0.854 bits per heavy atom. The molecule has 0 saturated carbocycles. The monoisotopic (exact) mass is 679 g/mol. The van der Waals surface area contributed by atoms with Crippen LogP contribution in [0, 0.1) is 10.1 Å². The zero-order valence-electron chi connectivity index (χ0n) is 21.3. The van der Waals surface area contributed by atoms with E-state index in [1.54, 1.807) is 54.6 Å². The lowest BCUT2D eigenvalue weighted by atomic mass is 9.91. The summed E-state index contributed by atoms with van der Waals surface area (Å²) in [7, 11) is 0. The van der Waals surface area contributed by atoms with Crippen LogP contribution in [0.25, 0.3) is 0 Å². The van der Waals surface area contributed by atoms with E-state index in [1.807, 2.05) is 0 Å². The molecule has 13 heteroatoms. The molecule has 1 unspecified atom stereocenters. The molecule has 1 atom stereocenters. The standard InChI is InChI=1S/C28H23Cl6NO6/c29-21-3-1-4-22(30)27(21)18(16-35(37)38)13-25(36)17-5-7-19(8-6-17)39-10-2-11-41-28-23(31)14-20(15-24(28)32)40-12-9-26(33)34/h1,3-9,14-15,18H,2,10-13,16H2. The molecule has 3 rings (SSSR count). The van der Waals surface area contributed by atoms with E-state index in [4.69, 9.17) is 83.8 Å². The Bertz CT molecular complexity index is 1350. The molecule has 0 aromatic heterocycles. The van der Waals surface area contributed by atoms with Gasteiger partial charge in [-0.15, -0.1) is 0 Å². The molecular weight excluding hydrogens is 659 g/mol. The molecule has 218 valence electrons. The van der Waals surface area contributed by atoms with Crippen LogP contribution in [0.3, 0.4) is 0 Å². The largest absolute Gasteiger partial charge is 0.493 e. The second-order valence-corrected chi connectivity index (χ2v) is 11.2. The number of rotatable bonds is 15. The summed E-state index contributed by atoms with van der Waals surface area (Å²) in [4.78, 5) is 23.7. The van der Waals surface area contributed by atoms with Crippen LogP contribution in [0.1, 0.15) is 34.7 Å². The van der Waals surface area contributed by atoms with E-state index >= 15 is 0 Å². The molecule has 0 heterocycles. The van der Waals surface area contributed by atoms with Crippen molar-refractivity contribution in [3.8, 4) is 17.2 Å². The third-order valence-corrected chi connectivity index (χ3v) is 7.18. The lowest BCUT2D eigenvalue weighted by Crippen LogP contribution is -2.17. The summed E-state index contributed by atoms with van der Waals surface area (Å²) in [5.41, 5.74) is 0.774. The number of nitro groups is 1. The van der Waals surface area contributed by atoms with Gasteiger partial charge in [-0.2, -0.15) is 0 Å². The minimum atomic E-state index is -0.771. The molecule has 3 aromatic carbocycles. The molecule has 0 aliphatic heterocycles. The Balaban J connectivity index is 1.50. The van der Waals surface area contributed by atoms with E-state index in [0.717, 1.165) is 0 Å². The Kier molecular flexibility index (Phi) is 13.2. The molecule has 0 spiro atoms. The Morgan fingerprint density at radius 2 is 1.46 bits per heavy atom. The number of benzene rings is 3. The van der Waals surface area contributed by atoms with Crippen LogP contribution in [-0.2, 0) is 0 Å². The molecule has 3 aromatic rings. The van der Waals surface area contributed by atoms with E-state index in [-0.39, 0.29) is 50.0 Å². The first-order valence-corrected chi connectivity index (χ1v) is 14.4. The second kappa shape index (κ2) is 16.3. The summed E-state index contributed by atoms with van der Waals surface area (Å²) in [5.74, 6) is 0.248. The fourth-order valence-electron chi connectivity index (χ4n) is 3.80. The number of carbonyl (C=O) groups is 1. The molecule has 0 N–H and O–H groups in total. The third-order valence-electron chi connectivity index (χ3n) is 5.65. The predicted octanol–water partition coefficient (Wildman–Crippen LogP) is 9.48. The summed E-state index contributed by atoms with van der Waals surface area (Å²) in [6.45, 7) is 0.282. The van der Waals surface area contributed by atoms with E-state index in [2.05, 4.69) is 0 Å². The van der Waals surface area contributed by atoms with Crippen LogP contribution in [0.4, 0.5) is 0 Å². The fourth-order valence-corrected chi connectivity index (χ4v) is 5.21. The molecule has 0 aliphatic rings. The van der Waals surface area contributed by atoms with Gasteiger partial charge < -0.3 is 14.2 Å². The van der Waals surface area contributed by atoms with Gasteiger partial charge in [0.1, 0.15) is 22.6 Å². The zero-order chi connectivity index (χ0) is 29.9. The highest BCUT2D eigenvalue weighted by atomic mass is 35.5. The fraction of sp³-hybridized carbons (Fsp3) is 0.250. The number of carbonyl (C=O) groups excluding carboxylic acids is 1. The highest BCUT2D eigenvalue weighted by molar-refractivity contribution is 6.55. The highest BCUT2D eigenvalue weighted by Crippen LogP contribution is 2.37. The maximum absolute atomic E-state index is 12.9. The first kappa shape index (κ1) is 33.1. The quantitative estimate of drug-likeness (QED) is 0.0687. The Hall–Kier alpha value is -2.39. The van der Waals surface area contributed by atoms with Crippen LogP contribution >= 0.6 is 69.6 Å². The maximum atomic E-state index is 12.9. The highest BCUT2D eigenvalue weighted by Gasteiger charge is 2.26. The third kappa shape index (κ3) is 10.4. The molecule has 0 radical (unpaired) electrons. The number of nitrogens with zero attached hydrogens (tertiary/aromatic N) is 1. The number of ketones is 1. The molecule has 0 saturated heterocycles. The van der Waals surface area contributed by atoms with Gasteiger partial charge in [0.05, 0.1) is 29.2 Å². The summed E-state index contributed by atoms with van der Waals surface area (Å²) in [5, 5.41) is 12.4. The first-order chi connectivity index (χ1) is 19.5. The Labute approximate surface area is 266 Å². The van der Waals surface area contributed by atoms with Crippen molar-refractivity contribution in [1.82, 2.24) is 0 Å². The maximum Gasteiger partial charge on any atom is 0.211 e. The molecule has 0 amide bonds. The van der Waals surface area contributed by atoms with Gasteiger partial charge in [-0.25, -0.2) is 0 Å². The van der Waals surface area contributed by atoms with E-state index < -0.39 is 17.4 Å². The number of hydrogen-bond acceptors (Lipinski definition) is 6. The van der Waals surface area contributed by atoms with Gasteiger partial charge in [0.15, 0.2) is 11.5 Å². The lowest BCUT2D eigenvalue weighted by Gasteiger charge is -2.16. The van der Waals surface area contributed by atoms with Crippen molar-refractivity contribution in [3.63, 3.8) is 0 Å². The summed E-state index contributed by atoms with van der Waals surface area (Å²) < 4.78 is 17.0. The lowest BCUT2D eigenvalue weighted by molar-refractivity contribution is -0.483. The van der Waals surface area contributed by atoms with Crippen molar-refractivity contribution < 1.29 is 23.9 Å². The number of ether oxygens (including phenoxy) is 3. The molecule has 0 bridgehead atoms. The summed E-state index contributed by atoms with van der Waals surface area (Å²) in [6.07, 6.45) is 1.87. The van der Waals surface area contributed by atoms with Crippen LogP contribution in [0.15, 0.2) is 65.2 Å². The molecule has 41 heavy (non-hydrogen) atoms.